The average molecular weight is 523 g/mol. The summed E-state index contributed by atoms with van der Waals surface area (Å²) in [5.74, 6) is -0.902. The maximum absolute atomic E-state index is 13.3. The van der Waals surface area contributed by atoms with Crippen LogP contribution in [0.1, 0.15) is 20.7 Å². The molecule has 0 saturated carbocycles. The topological polar surface area (TPSA) is 92.3 Å². The zero-order valence-electron chi connectivity index (χ0n) is 17.9. The van der Waals surface area contributed by atoms with Gasteiger partial charge in [0.1, 0.15) is 0 Å². The van der Waals surface area contributed by atoms with Crippen LogP contribution in [0.15, 0.2) is 94.7 Å². The Labute approximate surface area is 211 Å². The number of amides is 2. The molecule has 4 aromatic rings. The highest BCUT2D eigenvalue weighted by atomic mass is 35.5. The molecule has 4 aromatic carbocycles. The summed E-state index contributed by atoms with van der Waals surface area (Å²) in [5, 5.41) is 5.97. The average Bonchev–Trinajstić information content (AvgIpc) is 3.05. The van der Waals surface area contributed by atoms with Crippen LogP contribution in [0.3, 0.4) is 0 Å². The highest BCUT2D eigenvalue weighted by Gasteiger charge is 2.33. The fourth-order valence-electron chi connectivity index (χ4n) is 3.90. The van der Waals surface area contributed by atoms with Gasteiger partial charge < -0.3 is 10.6 Å². The zero-order chi connectivity index (χ0) is 24.7. The number of hydrogen-bond acceptors (Lipinski definition) is 4. The second-order valence-corrected chi connectivity index (χ2v) is 10.5. The molecule has 0 saturated heterocycles. The predicted molar refractivity (Wildman–Crippen MR) is 136 cm³/mol. The Morgan fingerprint density at radius 3 is 1.40 bits per heavy atom. The van der Waals surface area contributed by atoms with E-state index in [9.17, 15) is 18.0 Å². The van der Waals surface area contributed by atoms with Crippen molar-refractivity contribution in [3.8, 4) is 11.1 Å². The van der Waals surface area contributed by atoms with Gasteiger partial charge in [-0.2, -0.15) is 0 Å². The minimum atomic E-state index is -3.88. The Bertz CT molecular complexity index is 1520. The molecule has 174 valence electrons. The Balaban J connectivity index is 1.44. The van der Waals surface area contributed by atoms with E-state index in [2.05, 4.69) is 10.6 Å². The van der Waals surface area contributed by atoms with Crippen LogP contribution in [0.5, 0.6) is 0 Å². The van der Waals surface area contributed by atoms with Gasteiger partial charge in [0.05, 0.1) is 31.0 Å². The highest BCUT2D eigenvalue weighted by molar-refractivity contribution is 7.92. The van der Waals surface area contributed by atoms with Crippen LogP contribution in [0.25, 0.3) is 11.1 Å². The molecule has 1 aliphatic heterocycles. The molecule has 9 heteroatoms. The first-order valence-electron chi connectivity index (χ1n) is 10.4. The summed E-state index contributed by atoms with van der Waals surface area (Å²) < 4.78 is 26.7. The highest BCUT2D eigenvalue weighted by Crippen LogP contribution is 2.45. The van der Waals surface area contributed by atoms with E-state index in [1.54, 1.807) is 72.8 Å². The minimum Gasteiger partial charge on any atom is -0.322 e. The lowest BCUT2D eigenvalue weighted by atomic mass is 10.0. The van der Waals surface area contributed by atoms with Crippen molar-refractivity contribution in [3.63, 3.8) is 0 Å². The van der Waals surface area contributed by atoms with E-state index in [0.717, 1.165) is 0 Å². The third-order valence-electron chi connectivity index (χ3n) is 5.59. The Morgan fingerprint density at radius 2 is 1.00 bits per heavy atom. The molecule has 0 bridgehead atoms. The minimum absolute atomic E-state index is 0.0686. The quantitative estimate of drug-likeness (QED) is 0.289. The molecule has 0 fully saturated rings. The third kappa shape index (κ3) is 4.18. The van der Waals surface area contributed by atoms with Crippen molar-refractivity contribution in [2.24, 2.45) is 0 Å². The number of benzene rings is 4. The first-order chi connectivity index (χ1) is 16.8. The van der Waals surface area contributed by atoms with E-state index in [1.165, 1.54) is 12.1 Å². The van der Waals surface area contributed by atoms with Crippen LogP contribution in [-0.2, 0) is 9.84 Å². The number of anilines is 2. The molecule has 2 amide bonds. The first-order valence-corrected chi connectivity index (χ1v) is 12.6. The zero-order valence-corrected chi connectivity index (χ0v) is 20.2. The molecule has 0 atom stereocenters. The SMILES string of the molecule is O=C(Nc1ccc2c(c1)S(=O)(=O)c1cc(NC(=O)c3ccccc3Cl)ccc1-2)c1ccccc1Cl. The normalized spacial score (nSPS) is 13.0. The lowest BCUT2D eigenvalue weighted by Gasteiger charge is -2.08. The van der Waals surface area contributed by atoms with E-state index in [0.29, 0.717) is 22.5 Å². The summed E-state index contributed by atoms with van der Waals surface area (Å²) in [6.45, 7) is 0. The van der Waals surface area contributed by atoms with Gasteiger partial charge in [-0.15, -0.1) is 0 Å². The molecule has 0 unspecified atom stereocenters. The molecule has 6 nitrogen and oxygen atoms in total. The number of nitrogens with one attached hydrogen (secondary N) is 2. The number of halogens is 2. The largest absolute Gasteiger partial charge is 0.322 e. The van der Waals surface area contributed by atoms with Crippen molar-refractivity contribution < 1.29 is 18.0 Å². The molecule has 0 radical (unpaired) electrons. The summed E-state index contributed by atoms with van der Waals surface area (Å²) >= 11 is 12.2. The maximum atomic E-state index is 13.3. The van der Waals surface area contributed by atoms with E-state index in [1.807, 2.05) is 0 Å². The number of carbonyl (C=O) groups excluding carboxylic acids is 2. The van der Waals surface area contributed by atoms with Gasteiger partial charge in [0.2, 0.25) is 9.84 Å². The van der Waals surface area contributed by atoms with Gasteiger partial charge in [0.25, 0.3) is 11.8 Å². The summed E-state index contributed by atoms with van der Waals surface area (Å²) in [4.78, 5) is 25.4. The van der Waals surface area contributed by atoms with Crippen LogP contribution in [0.2, 0.25) is 10.0 Å². The van der Waals surface area contributed by atoms with Crippen molar-refractivity contribution in [1.82, 2.24) is 0 Å². The molecule has 0 aliphatic carbocycles. The van der Waals surface area contributed by atoms with Crippen LogP contribution in [0.4, 0.5) is 11.4 Å². The Hall–Kier alpha value is -3.65. The Kier molecular flexibility index (Phi) is 5.84. The fourth-order valence-corrected chi connectivity index (χ4v) is 6.08. The molecular weight excluding hydrogens is 507 g/mol. The monoisotopic (exact) mass is 522 g/mol. The Morgan fingerprint density at radius 1 is 0.600 bits per heavy atom. The summed E-state index contributed by atoms with van der Waals surface area (Å²) in [5.41, 5.74) is 2.22. The van der Waals surface area contributed by atoms with Gasteiger partial charge in [-0.1, -0.05) is 59.6 Å². The van der Waals surface area contributed by atoms with Crippen LogP contribution >= 0.6 is 23.2 Å². The third-order valence-corrected chi connectivity index (χ3v) is 8.08. The number of sulfone groups is 1. The van der Waals surface area contributed by atoms with E-state index < -0.39 is 21.7 Å². The van der Waals surface area contributed by atoms with Gasteiger partial charge in [-0.3, -0.25) is 9.59 Å². The van der Waals surface area contributed by atoms with E-state index >= 15 is 0 Å². The van der Waals surface area contributed by atoms with Gasteiger partial charge >= 0.3 is 0 Å². The summed E-state index contributed by atoms with van der Waals surface area (Å²) in [7, 11) is -3.88. The van der Waals surface area contributed by atoms with Crippen LogP contribution in [0, 0.1) is 0 Å². The van der Waals surface area contributed by atoms with Gasteiger partial charge in [-0.05, 0) is 48.5 Å². The number of hydrogen-bond donors (Lipinski definition) is 2. The van der Waals surface area contributed by atoms with E-state index in [-0.39, 0.29) is 31.0 Å². The van der Waals surface area contributed by atoms with Crippen LogP contribution < -0.4 is 10.6 Å². The van der Waals surface area contributed by atoms with Crippen molar-refractivity contribution >= 4 is 56.2 Å². The molecule has 1 aliphatic rings. The fraction of sp³-hybridized carbons (Fsp3) is 0. The second kappa shape index (κ2) is 8.85. The van der Waals surface area contributed by atoms with Gasteiger partial charge in [0.15, 0.2) is 0 Å². The standard InChI is InChI=1S/C26H16Cl2N2O4S/c27-21-7-3-1-5-19(21)25(31)29-15-9-11-17-18-12-10-16(14-24(18)35(33,34)23(17)13-15)30-26(32)20-6-2-4-8-22(20)28/h1-14H,(H,29,31)(H,30,32). The van der Waals surface area contributed by atoms with Gasteiger partial charge in [0, 0.05) is 22.5 Å². The molecule has 0 aromatic heterocycles. The smallest absolute Gasteiger partial charge is 0.257 e. The van der Waals surface area contributed by atoms with E-state index in [4.69, 9.17) is 23.2 Å². The second-order valence-electron chi connectivity index (χ2n) is 7.79. The van der Waals surface area contributed by atoms with Crippen molar-refractivity contribution in [2.45, 2.75) is 9.79 Å². The number of fused-ring (bicyclic) bond motifs is 3. The molecule has 5 rings (SSSR count). The molecular formula is C26H16Cl2N2O4S. The lowest BCUT2D eigenvalue weighted by molar-refractivity contribution is 0.101. The summed E-state index contributed by atoms with van der Waals surface area (Å²) in [6.07, 6.45) is 0. The van der Waals surface area contributed by atoms with Crippen molar-refractivity contribution in [1.29, 1.82) is 0 Å². The number of carbonyl (C=O) groups is 2. The molecule has 1 heterocycles. The van der Waals surface area contributed by atoms with Crippen molar-refractivity contribution in [3.05, 3.63) is 106 Å². The predicted octanol–water partition coefficient (Wildman–Crippen LogP) is 6.31. The van der Waals surface area contributed by atoms with Gasteiger partial charge in [-0.25, -0.2) is 8.42 Å². The summed E-state index contributed by atoms with van der Waals surface area (Å²) in [6, 6.07) is 22.5. The molecule has 2 N–H and O–H groups in total. The number of rotatable bonds is 4. The van der Waals surface area contributed by atoms with Crippen LogP contribution in [-0.4, -0.2) is 20.2 Å². The maximum Gasteiger partial charge on any atom is 0.257 e. The molecule has 0 spiro atoms. The first kappa shape index (κ1) is 23.1. The van der Waals surface area contributed by atoms with Crippen molar-refractivity contribution in [2.75, 3.05) is 10.6 Å². The molecule has 35 heavy (non-hydrogen) atoms. The lowest BCUT2D eigenvalue weighted by Crippen LogP contribution is -2.13.